The van der Waals surface area contributed by atoms with Crippen LogP contribution in [0.15, 0.2) is 52.7 Å². The maximum Gasteiger partial charge on any atom is 0.316 e. The normalized spacial score (nSPS) is 9.91. The van der Waals surface area contributed by atoms with E-state index in [1.54, 1.807) is 17.5 Å². The van der Waals surface area contributed by atoms with E-state index in [0.29, 0.717) is 4.88 Å². The monoisotopic (exact) mass is 350 g/mol. The first kappa shape index (κ1) is 17.0. The molecule has 0 aliphatic rings. The first-order valence-electron chi connectivity index (χ1n) is 6.61. The molecular weight excluding hydrogens is 336 g/mol. The van der Waals surface area contributed by atoms with Crippen LogP contribution in [0.5, 0.6) is 0 Å². The number of amides is 2. The van der Waals surface area contributed by atoms with Crippen LogP contribution in [0, 0.1) is 0 Å². The third kappa shape index (κ3) is 6.13. The smallest absolute Gasteiger partial charge is 0.316 e. The zero-order chi connectivity index (χ0) is 16.5. The van der Waals surface area contributed by atoms with Crippen LogP contribution in [-0.2, 0) is 14.3 Å². The van der Waals surface area contributed by atoms with Crippen LogP contribution in [0.1, 0.15) is 9.67 Å². The molecule has 0 aliphatic carbocycles. The second-order valence-electron chi connectivity index (χ2n) is 4.24. The van der Waals surface area contributed by atoms with E-state index in [1.165, 1.54) is 23.1 Å². The SMILES string of the molecule is O=C(COC(=O)CSc1ccccc1)NNC(=O)c1cccs1. The molecule has 2 rings (SSSR count). The Kier molecular flexibility index (Phi) is 6.64. The van der Waals surface area contributed by atoms with Crippen molar-refractivity contribution in [1.29, 1.82) is 0 Å². The number of hydrogen-bond donors (Lipinski definition) is 2. The molecule has 0 saturated heterocycles. The minimum absolute atomic E-state index is 0.110. The molecule has 2 amide bonds. The lowest BCUT2D eigenvalue weighted by molar-refractivity contribution is -0.146. The lowest BCUT2D eigenvalue weighted by Crippen LogP contribution is -2.43. The van der Waals surface area contributed by atoms with E-state index in [-0.39, 0.29) is 5.75 Å². The largest absolute Gasteiger partial charge is 0.455 e. The van der Waals surface area contributed by atoms with Crippen molar-refractivity contribution < 1.29 is 19.1 Å². The van der Waals surface area contributed by atoms with Gasteiger partial charge in [-0.05, 0) is 23.6 Å². The number of nitrogens with one attached hydrogen (secondary N) is 2. The van der Waals surface area contributed by atoms with Gasteiger partial charge in [0.05, 0.1) is 10.6 Å². The summed E-state index contributed by atoms with van der Waals surface area (Å²) >= 11 is 2.58. The molecule has 0 atom stereocenters. The van der Waals surface area contributed by atoms with Gasteiger partial charge in [-0.15, -0.1) is 23.1 Å². The number of hydrogen-bond acceptors (Lipinski definition) is 6. The molecule has 2 N–H and O–H groups in total. The second kappa shape index (κ2) is 8.96. The standard InChI is InChI=1S/C15H14N2O4S2/c18-13(16-17-15(20)12-7-4-8-22-12)9-21-14(19)10-23-11-5-2-1-3-6-11/h1-8H,9-10H2,(H,16,18)(H,17,20). The van der Waals surface area contributed by atoms with Crippen molar-refractivity contribution >= 4 is 40.9 Å². The average molecular weight is 350 g/mol. The minimum Gasteiger partial charge on any atom is -0.455 e. The Morgan fingerprint density at radius 1 is 1.04 bits per heavy atom. The summed E-state index contributed by atoms with van der Waals surface area (Å²) in [4.78, 5) is 36.0. The highest BCUT2D eigenvalue weighted by Gasteiger charge is 2.10. The van der Waals surface area contributed by atoms with Gasteiger partial charge in [-0.3, -0.25) is 25.2 Å². The number of benzene rings is 1. The summed E-state index contributed by atoms with van der Waals surface area (Å²) in [6.45, 7) is -0.446. The first-order chi connectivity index (χ1) is 11.1. The maximum absolute atomic E-state index is 11.6. The second-order valence-corrected chi connectivity index (χ2v) is 6.24. The van der Waals surface area contributed by atoms with Gasteiger partial charge in [0.1, 0.15) is 0 Å². The fourth-order valence-corrected chi connectivity index (χ4v) is 2.81. The van der Waals surface area contributed by atoms with Gasteiger partial charge in [-0.25, -0.2) is 0 Å². The number of carbonyl (C=O) groups excluding carboxylic acids is 3. The average Bonchev–Trinajstić information content (AvgIpc) is 3.11. The van der Waals surface area contributed by atoms with Crippen LogP contribution in [0.3, 0.4) is 0 Å². The Bertz CT molecular complexity index is 659. The molecule has 1 aromatic carbocycles. The van der Waals surface area contributed by atoms with Gasteiger partial charge in [-0.1, -0.05) is 24.3 Å². The maximum atomic E-state index is 11.6. The lowest BCUT2D eigenvalue weighted by Gasteiger charge is -2.07. The summed E-state index contributed by atoms with van der Waals surface area (Å²) in [5.74, 6) is -1.41. The zero-order valence-electron chi connectivity index (χ0n) is 12.0. The predicted molar refractivity (Wildman–Crippen MR) is 88.1 cm³/mol. The number of thiophene rings is 1. The molecule has 120 valence electrons. The first-order valence-corrected chi connectivity index (χ1v) is 8.48. The van der Waals surface area contributed by atoms with Crippen molar-refractivity contribution in [3.05, 3.63) is 52.7 Å². The molecule has 6 nitrogen and oxygen atoms in total. The van der Waals surface area contributed by atoms with Crippen molar-refractivity contribution in [1.82, 2.24) is 10.9 Å². The van der Waals surface area contributed by atoms with Crippen molar-refractivity contribution in [2.75, 3.05) is 12.4 Å². The topological polar surface area (TPSA) is 84.5 Å². The van der Waals surface area contributed by atoms with Crippen molar-refractivity contribution in [2.45, 2.75) is 4.90 Å². The van der Waals surface area contributed by atoms with Gasteiger partial charge in [0.25, 0.3) is 11.8 Å². The molecule has 0 aliphatic heterocycles. The van der Waals surface area contributed by atoms with E-state index >= 15 is 0 Å². The van der Waals surface area contributed by atoms with E-state index in [9.17, 15) is 14.4 Å². The van der Waals surface area contributed by atoms with E-state index in [4.69, 9.17) is 4.74 Å². The number of esters is 1. The molecule has 0 fully saturated rings. The highest BCUT2D eigenvalue weighted by Crippen LogP contribution is 2.16. The summed E-state index contributed by atoms with van der Waals surface area (Å²) in [7, 11) is 0. The van der Waals surface area contributed by atoms with Gasteiger partial charge >= 0.3 is 5.97 Å². The molecular formula is C15H14N2O4S2. The van der Waals surface area contributed by atoms with Crippen LogP contribution in [0.25, 0.3) is 0 Å². The van der Waals surface area contributed by atoms with Crippen LogP contribution < -0.4 is 10.9 Å². The zero-order valence-corrected chi connectivity index (χ0v) is 13.6. The Morgan fingerprint density at radius 3 is 2.52 bits per heavy atom. The third-order valence-electron chi connectivity index (χ3n) is 2.52. The third-order valence-corrected chi connectivity index (χ3v) is 4.38. The molecule has 1 aromatic heterocycles. The number of carbonyl (C=O) groups is 3. The summed E-state index contributed by atoms with van der Waals surface area (Å²) in [6, 6.07) is 12.8. The highest BCUT2D eigenvalue weighted by molar-refractivity contribution is 8.00. The Hall–Kier alpha value is -2.32. The van der Waals surface area contributed by atoms with Crippen molar-refractivity contribution in [3.8, 4) is 0 Å². The fraction of sp³-hybridized carbons (Fsp3) is 0.133. The van der Waals surface area contributed by atoms with E-state index in [2.05, 4.69) is 10.9 Å². The molecule has 0 saturated carbocycles. The quantitative estimate of drug-likeness (QED) is 0.472. The van der Waals surface area contributed by atoms with Crippen LogP contribution in [0.4, 0.5) is 0 Å². The molecule has 23 heavy (non-hydrogen) atoms. The number of ether oxygens (including phenoxy) is 1. The number of thioether (sulfide) groups is 1. The van der Waals surface area contributed by atoms with Gasteiger partial charge in [0.2, 0.25) is 0 Å². The van der Waals surface area contributed by atoms with Gasteiger partial charge in [-0.2, -0.15) is 0 Å². The predicted octanol–water partition coefficient (Wildman–Crippen LogP) is 1.84. The molecule has 0 spiro atoms. The van der Waals surface area contributed by atoms with E-state index in [1.807, 2.05) is 30.3 Å². The molecule has 8 heteroatoms. The number of rotatable bonds is 6. The Morgan fingerprint density at radius 2 is 1.83 bits per heavy atom. The fourth-order valence-electron chi connectivity index (χ4n) is 1.48. The van der Waals surface area contributed by atoms with Gasteiger partial charge in [0.15, 0.2) is 6.61 Å². The van der Waals surface area contributed by atoms with Crippen molar-refractivity contribution in [2.24, 2.45) is 0 Å². The number of hydrazine groups is 1. The van der Waals surface area contributed by atoms with Crippen LogP contribution in [-0.4, -0.2) is 30.1 Å². The molecule has 0 radical (unpaired) electrons. The highest BCUT2D eigenvalue weighted by atomic mass is 32.2. The van der Waals surface area contributed by atoms with Gasteiger partial charge < -0.3 is 4.74 Å². The summed E-state index contributed by atoms with van der Waals surface area (Å²) in [5, 5.41) is 1.75. The molecule has 1 heterocycles. The summed E-state index contributed by atoms with van der Waals surface area (Å²) < 4.78 is 4.83. The minimum atomic E-state index is -0.604. The summed E-state index contributed by atoms with van der Waals surface area (Å²) in [5.41, 5.74) is 4.43. The summed E-state index contributed by atoms with van der Waals surface area (Å²) in [6.07, 6.45) is 0. The van der Waals surface area contributed by atoms with Crippen LogP contribution >= 0.6 is 23.1 Å². The lowest BCUT2D eigenvalue weighted by atomic mass is 10.4. The van der Waals surface area contributed by atoms with Crippen LogP contribution in [0.2, 0.25) is 0 Å². The van der Waals surface area contributed by atoms with Gasteiger partial charge in [0, 0.05) is 4.90 Å². The molecule has 2 aromatic rings. The van der Waals surface area contributed by atoms with Crippen molar-refractivity contribution in [3.63, 3.8) is 0 Å². The molecule has 0 unspecified atom stereocenters. The Balaban J connectivity index is 1.62. The van der Waals surface area contributed by atoms with E-state index < -0.39 is 24.4 Å². The Labute approximate surface area is 141 Å². The van der Waals surface area contributed by atoms with E-state index in [0.717, 1.165) is 4.90 Å². The molecule has 0 bridgehead atoms.